The molecule has 1 aliphatic carbocycles. The van der Waals surface area contributed by atoms with E-state index in [1.807, 2.05) is 19.9 Å². The summed E-state index contributed by atoms with van der Waals surface area (Å²) in [6.45, 7) is 11.9. The molecule has 5 amide bonds. The van der Waals surface area contributed by atoms with E-state index in [0.29, 0.717) is 11.8 Å². The van der Waals surface area contributed by atoms with Crippen molar-refractivity contribution in [2.45, 2.75) is 71.1 Å². The molecule has 5 heterocycles. The van der Waals surface area contributed by atoms with Crippen LogP contribution in [-0.2, 0) is 10.2 Å². The van der Waals surface area contributed by atoms with Crippen molar-refractivity contribution in [2.24, 2.45) is 11.8 Å². The maximum atomic E-state index is 13.4. The Kier molecular flexibility index (Phi) is 9.99. The van der Waals surface area contributed by atoms with Crippen LogP contribution in [0, 0.1) is 43.9 Å². The molecule has 5 aliphatic rings. The minimum Gasteiger partial charge on any atom is -0.371 e. The highest BCUT2D eigenvalue weighted by molar-refractivity contribution is 6.22. The number of fused-ring (bicyclic) bond motifs is 1. The number of amides is 5. The van der Waals surface area contributed by atoms with Crippen LogP contribution in [0.5, 0.6) is 0 Å². The van der Waals surface area contributed by atoms with Crippen LogP contribution in [0.2, 0.25) is 0 Å². The van der Waals surface area contributed by atoms with Crippen LogP contribution < -0.4 is 15.1 Å². The third kappa shape index (κ3) is 7.24. The second kappa shape index (κ2) is 15.3. The average molecular weight is 795 g/mol. The summed E-state index contributed by atoms with van der Waals surface area (Å²) >= 11 is 0. The van der Waals surface area contributed by atoms with Crippen LogP contribution in [0.15, 0.2) is 65.2 Å². The first kappa shape index (κ1) is 38.5. The lowest BCUT2D eigenvalue weighted by Gasteiger charge is -2.39. The average Bonchev–Trinajstić information content (AvgIpc) is 3.92. The van der Waals surface area contributed by atoms with Gasteiger partial charge in [-0.2, -0.15) is 10.3 Å². The van der Waals surface area contributed by atoms with Crippen LogP contribution in [0.1, 0.15) is 88.2 Å². The number of rotatable bonds is 10. The van der Waals surface area contributed by atoms with Gasteiger partial charge in [0.2, 0.25) is 5.91 Å². The largest absolute Gasteiger partial charge is 0.371 e. The van der Waals surface area contributed by atoms with E-state index in [2.05, 4.69) is 80.6 Å². The van der Waals surface area contributed by atoms with Gasteiger partial charge in [-0.25, -0.2) is 9.80 Å². The number of benzene rings is 3. The van der Waals surface area contributed by atoms with Gasteiger partial charge in [0.1, 0.15) is 5.76 Å². The molecule has 0 atom stereocenters. The monoisotopic (exact) mass is 794 g/mol. The lowest BCUT2D eigenvalue weighted by molar-refractivity contribution is -0.122. The van der Waals surface area contributed by atoms with Gasteiger partial charge >= 0.3 is 6.03 Å². The third-order valence-electron chi connectivity index (χ3n) is 13.3. The van der Waals surface area contributed by atoms with Gasteiger partial charge in [0.05, 0.1) is 34.8 Å². The molecule has 1 N–H and O–H groups in total. The van der Waals surface area contributed by atoms with Gasteiger partial charge in [-0.15, -0.1) is 0 Å². The highest BCUT2D eigenvalue weighted by Gasteiger charge is 2.45. The number of urea groups is 1. The van der Waals surface area contributed by atoms with Gasteiger partial charge in [0, 0.05) is 55.2 Å². The molecule has 0 spiro atoms. The molecule has 13 nitrogen and oxygen atoms in total. The number of likely N-dealkylation sites (tertiary alicyclic amines) is 1. The predicted molar refractivity (Wildman–Crippen MR) is 222 cm³/mol. The number of aromatic nitrogens is 1. The molecule has 9 rings (SSSR count). The summed E-state index contributed by atoms with van der Waals surface area (Å²) in [5.74, 6) is 0.383. The highest BCUT2D eigenvalue weighted by Crippen LogP contribution is 2.48. The fourth-order valence-electron chi connectivity index (χ4n) is 9.57. The van der Waals surface area contributed by atoms with E-state index in [-0.39, 0.29) is 29.5 Å². The van der Waals surface area contributed by atoms with Gasteiger partial charge in [0.15, 0.2) is 0 Å². The van der Waals surface area contributed by atoms with Crippen LogP contribution in [0.25, 0.3) is 11.1 Å². The molecular weight excluding hydrogens is 745 g/mol. The Morgan fingerprint density at radius 3 is 2.22 bits per heavy atom. The number of carbonyl (C=O) groups is 4. The quantitative estimate of drug-likeness (QED) is 0.166. The van der Waals surface area contributed by atoms with Crippen molar-refractivity contribution >= 4 is 40.8 Å². The van der Waals surface area contributed by atoms with E-state index in [9.17, 15) is 24.4 Å². The fourth-order valence-corrected chi connectivity index (χ4v) is 9.57. The fraction of sp³-hybridized carbons (Fsp3) is 0.435. The zero-order chi connectivity index (χ0) is 41.0. The lowest BCUT2D eigenvalue weighted by atomic mass is 9.91. The number of nitrogens with zero attached hydrogens (tertiary/aromatic N) is 7. The topological polar surface area (TPSA) is 146 Å². The predicted octanol–water partition coefficient (Wildman–Crippen LogP) is 7.04. The summed E-state index contributed by atoms with van der Waals surface area (Å²) in [6.07, 6.45) is 6.18. The number of nitriles is 1. The van der Waals surface area contributed by atoms with Crippen LogP contribution in [0.3, 0.4) is 0 Å². The number of piperidine rings is 2. The minimum absolute atomic E-state index is 0.0221. The SMILES string of the molecule is Cc1ccc(-c2c(C)noc2C)cc1N(CC1CCN(CC2CCN(c3ccc4c(c3)C(=O)N(N3CCC(=O)NC3=O)C4=O)CC2)CC1)c1ccc(C2(C#N)CC2)cc1. The van der Waals surface area contributed by atoms with Gasteiger partial charge < -0.3 is 19.2 Å². The molecule has 1 aromatic heterocycles. The Bertz CT molecular complexity index is 2340. The zero-order valence-electron chi connectivity index (χ0n) is 34.0. The normalized spacial score (nSPS) is 19.9. The van der Waals surface area contributed by atoms with Crippen molar-refractivity contribution in [1.82, 2.24) is 25.4 Å². The maximum absolute atomic E-state index is 13.4. The first-order valence-electron chi connectivity index (χ1n) is 21.0. The van der Waals surface area contributed by atoms with E-state index < -0.39 is 23.8 Å². The minimum atomic E-state index is -0.763. The molecule has 3 saturated heterocycles. The maximum Gasteiger partial charge on any atom is 0.343 e. The summed E-state index contributed by atoms with van der Waals surface area (Å²) in [6, 6.07) is 22.5. The Morgan fingerprint density at radius 1 is 0.847 bits per heavy atom. The Morgan fingerprint density at radius 2 is 1.56 bits per heavy atom. The van der Waals surface area contributed by atoms with E-state index in [1.165, 1.54) is 11.3 Å². The number of carbonyl (C=O) groups excluding carboxylic acids is 4. The summed E-state index contributed by atoms with van der Waals surface area (Å²) in [7, 11) is 0. The highest BCUT2D eigenvalue weighted by atomic mass is 16.5. The molecule has 4 aromatic rings. The third-order valence-corrected chi connectivity index (χ3v) is 13.3. The molecule has 1 saturated carbocycles. The summed E-state index contributed by atoms with van der Waals surface area (Å²) in [5, 5.41) is 18.2. The smallest absolute Gasteiger partial charge is 0.343 e. The van der Waals surface area contributed by atoms with E-state index in [1.54, 1.807) is 12.1 Å². The first-order chi connectivity index (χ1) is 28.5. The van der Waals surface area contributed by atoms with Crippen molar-refractivity contribution in [3.8, 4) is 17.2 Å². The van der Waals surface area contributed by atoms with Gasteiger partial charge in [-0.3, -0.25) is 19.7 Å². The summed E-state index contributed by atoms with van der Waals surface area (Å²) in [4.78, 5) is 58.0. The van der Waals surface area contributed by atoms with Crippen molar-refractivity contribution < 1.29 is 23.7 Å². The van der Waals surface area contributed by atoms with Gasteiger partial charge in [0.25, 0.3) is 11.8 Å². The standard InChI is InChI=1S/C46H50N8O5/c1-29-4-5-34(42-30(2)49-59-31(42)3)24-40(29)52(36-8-6-35(7-9-36)46(28-47)17-18-46)27-33-12-19-50(20-13-33)26-32-14-21-51(22-15-32)37-10-11-38-39(25-37)44(57)54(43(38)56)53-23-16-41(55)48-45(53)58/h4-11,24-25,32-33H,12-23,26-27H2,1-3H3,(H,48,55,58). The molecule has 0 radical (unpaired) electrons. The second-order valence-corrected chi connectivity index (χ2v) is 17.1. The van der Waals surface area contributed by atoms with E-state index in [0.717, 1.165) is 127 Å². The van der Waals surface area contributed by atoms with E-state index in [4.69, 9.17) is 4.52 Å². The van der Waals surface area contributed by atoms with Crippen LogP contribution in [0.4, 0.5) is 21.9 Å². The number of hydrogen-bond donors (Lipinski definition) is 1. The van der Waals surface area contributed by atoms with Crippen molar-refractivity contribution in [2.75, 3.05) is 55.6 Å². The summed E-state index contributed by atoms with van der Waals surface area (Å²) < 4.78 is 5.55. The number of aryl methyl sites for hydroxylation is 3. The molecule has 3 aromatic carbocycles. The number of hydrogen-bond acceptors (Lipinski definition) is 10. The molecule has 59 heavy (non-hydrogen) atoms. The van der Waals surface area contributed by atoms with Crippen LogP contribution >= 0.6 is 0 Å². The van der Waals surface area contributed by atoms with Gasteiger partial charge in [-0.05, 0) is 137 Å². The van der Waals surface area contributed by atoms with E-state index >= 15 is 0 Å². The first-order valence-corrected chi connectivity index (χ1v) is 21.0. The number of anilines is 3. The van der Waals surface area contributed by atoms with Crippen LogP contribution in [-0.4, -0.2) is 89.6 Å². The molecule has 0 bridgehead atoms. The molecule has 13 heteroatoms. The Labute approximate surface area is 344 Å². The molecule has 4 aliphatic heterocycles. The van der Waals surface area contributed by atoms with Crippen molar-refractivity contribution in [3.05, 3.63) is 94.4 Å². The molecule has 304 valence electrons. The lowest BCUT2D eigenvalue weighted by Crippen LogP contribution is -2.58. The molecule has 4 fully saturated rings. The Hall–Kier alpha value is -6.00. The number of imide groups is 2. The Balaban J connectivity index is 0.828. The second-order valence-electron chi connectivity index (χ2n) is 17.1. The van der Waals surface area contributed by atoms with Crippen molar-refractivity contribution in [1.29, 1.82) is 5.26 Å². The van der Waals surface area contributed by atoms with Crippen molar-refractivity contribution in [3.63, 3.8) is 0 Å². The van der Waals surface area contributed by atoms with Gasteiger partial charge in [-0.1, -0.05) is 29.4 Å². The number of nitrogens with one attached hydrogen (secondary N) is 1. The number of hydrazine groups is 1. The summed E-state index contributed by atoms with van der Waals surface area (Å²) in [5.41, 5.74) is 8.78. The zero-order valence-corrected chi connectivity index (χ0v) is 34.0. The molecule has 0 unspecified atom stereocenters. The molecular formula is C46H50N8O5.